The molecule has 0 amide bonds. The van der Waals surface area contributed by atoms with Crippen LogP contribution >= 0.6 is 0 Å². The van der Waals surface area contributed by atoms with Crippen LogP contribution in [0.3, 0.4) is 0 Å². The zero-order chi connectivity index (χ0) is 15.1. The maximum Gasteiger partial charge on any atom is 0.129 e. The minimum atomic E-state index is -0.508. The Morgan fingerprint density at radius 2 is 2.00 bits per heavy atom. The fourth-order valence-electron chi connectivity index (χ4n) is 3.30. The van der Waals surface area contributed by atoms with Gasteiger partial charge < -0.3 is 10.1 Å². The van der Waals surface area contributed by atoms with E-state index in [0.717, 1.165) is 32.0 Å². The molecule has 1 unspecified atom stereocenters. The molecule has 0 spiro atoms. The largest absolute Gasteiger partial charge is 0.383 e. The van der Waals surface area contributed by atoms with Gasteiger partial charge in [-0.3, -0.25) is 0 Å². The Bertz CT molecular complexity index is 433. The fourth-order valence-corrected chi connectivity index (χ4v) is 3.30. The molecule has 0 aromatic heterocycles. The van der Waals surface area contributed by atoms with Crippen molar-refractivity contribution in [3.05, 3.63) is 35.4 Å². The maximum absolute atomic E-state index is 14.1. The summed E-state index contributed by atoms with van der Waals surface area (Å²) in [7, 11) is 1.67. The summed E-state index contributed by atoms with van der Waals surface area (Å²) in [6.07, 6.45) is 5.96. The molecule has 0 saturated heterocycles. The quantitative estimate of drug-likeness (QED) is 0.772. The van der Waals surface area contributed by atoms with Crippen molar-refractivity contribution in [2.75, 3.05) is 26.8 Å². The highest BCUT2D eigenvalue weighted by Gasteiger charge is 2.27. The van der Waals surface area contributed by atoms with Gasteiger partial charge in [-0.1, -0.05) is 25.3 Å². The molecule has 1 aromatic carbocycles. The third-order valence-electron chi connectivity index (χ3n) is 4.43. The number of methoxy groups -OCH3 is 1. The molecule has 118 valence electrons. The van der Waals surface area contributed by atoms with E-state index in [2.05, 4.69) is 5.32 Å². The average Bonchev–Trinajstić information content (AvgIpc) is 2.49. The average molecular weight is 297 g/mol. The van der Waals surface area contributed by atoms with Crippen LogP contribution in [0.5, 0.6) is 0 Å². The van der Waals surface area contributed by atoms with E-state index in [9.17, 15) is 8.78 Å². The summed E-state index contributed by atoms with van der Waals surface area (Å²) < 4.78 is 32.3. The van der Waals surface area contributed by atoms with Crippen LogP contribution in [0.4, 0.5) is 8.78 Å². The standard InChI is InChI=1S/C17H25F2NO/c1-21-10-9-20-12-16(13-5-3-2-4-6-13)15-8-7-14(18)11-17(15)19/h7-8,11,13,16,20H,2-6,9-10,12H2,1H3. The predicted molar refractivity (Wildman–Crippen MR) is 80.4 cm³/mol. The molecule has 2 rings (SSSR count). The number of nitrogens with one attached hydrogen (secondary N) is 1. The van der Waals surface area contributed by atoms with Gasteiger partial charge in [0.25, 0.3) is 0 Å². The van der Waals surface area contributed by atoms with Crippen molar-refractivity contribution in [3.8, 4) is 0 Å². The molecule has 1 aliphatic carbocycles. The molecular formula is C17H25F2NO. The Balaban J connectivity index is 2.09. The molecule has 2 nitrogen and oxygen atoms in total. The predicted octanol–water partition coefficient (Wildman–Crippen LogP) is 3.86. The van der Waals surface area contributed by atoms with Crippen molar-refractivity contribution in [2.45, 2.75) is 38.0 Å². The first-order valence-corrected chi connectivity index (χ1v) is 7.87. The number of benzene rings is 1. The van der Waals surface area contributed by atoms with Crippen molar-refractivity contribution in [1.82, 2.24) is 5.32 Å². The van der Waals surface area contributed by atoms with E-state index >= 15 is 0 Å². The third-order valence-corrected chi connectivity index (χ3v) is 4.43. The van der Waals surface area contributed by atoms with Crippen LogP contribution in [0.2, 0.25) is 0 Å². The second-order valence-corrected chi connectivity index (χ2v) is 5.87. The first kappa shape index (κ1) is 16.4. The van der Waals surface area contributed by atoms with E-state index in [-0.39, 0.29) is 5.92 Å². The Hall–Kier alpha value is -1.00. The number of ether oxygens (including phenoxy) is 1. The van der Waals surface area contributed by atoms with Crippen LogP contribution in [0.25, 0.3) is 0 Å². The van der Waals surface area contributed by atoms with E-state index in [4.69, 9.17) is 4.74 Å². The van der Waals surface area contributed by atoms with Gasteiger partial charge in [-0.25, -0.2) is 8.78 Å². The monoisotopic (exact) mass is 297 g/mol. The van der Waals surface area contributed by atoms with Crippen LogP contribution < -0.4 is 5.32 Å². The van der Waals surface area contributed by atoms with Crippen molar-refractivity contribution < 1.29 is 13.5 Å². The lowest BCUT2D eigenvalue weighted by Crippen LogP contribution is -2.30. The van der Waals surface area contributed by atoms with Gasteiger partial charge in [-0.2, -0.15) is 0 Å². The number of rotatable bonds is 7. The molecule has 1 atom stereocenters. The first-order valence-electron chi connectivity index (χ1n) is 7.87. The molecule has 21 heavy (non-hydrogen) atoms. The highest BCUT2D eigenvalue weighted by molar-refractivity contribution is 5.24. The SMILES string of the molecule is COCCNCC(c1ccc(F)cc1F)C1CCCCC1. The highest BCUT2D eigenvalue weighted by Crippen LogP contribution is 2.36. The second kappa shape index (κ2) is 8.44. The normalized spacial score (nSPS) is 17.9. The molecule has 1 aliphatic rings. The molecule has 4 heteroatoms. The van der Waals surface area contributed by atoms with Gasteiger partial charge in [0.2, 0.25) is 0 Å². The lowest BCUT2D eigenvalue weighted by molar-refractivity contribution is 0.196. The zero-order valence-corrected chi connectivity index (χ0v) is 12.7. The summed E-state index contributed by atoms with van der Waals surface area (Å²) in [4.78, 5) is 0. The fraction of sp³-hybridized carbons (Fsp3) is 0.647. The molecule has 1 saturated carbocycles. The summed E-state index contributed by atoms with van der Waals surface area (Å²) in [5.41, 5.74) is 0.646. The Morgan fingerprint density at radius 3 is 2.67 bits per heavy atom. The van der Waals surface area contributed by atoms with Gasteiger partial charge >= 0.3 is 0 Å². The van der Waals surface area contributed by atoms with Crippen molar-refractivity contribution in [1.29, 1.82) is 0 Å². The minimum Gasteiger partial charge on any atom is -0.383 e. The number of halogens is 2. The molecule has 0 bridgehead atoms. The van der Waals surface area contributed by atoms with Crippen LogP contribution in [0.15, 0.2) is 18.2 Å². The molecule has 1 fully saturated rings. The van der Waals surface area contributed by atoms with Crippen LogP contribution in [-0.4, -0.2) is 26.8 Å². The zero-order valence-electron chi connectivity index (χ0n) is 12.7. The van der Waals surface area contributed by atoms with E-state index < -0.39 is 11.6 Å². The van der Waals surface area contributed by atoms with E-state index in [0.29, 0.717) is 18.1 Å². The summed E-state index contributed by atoms with van der Waals surface area (Å²) >= 11 is 0. The van der Waals surface area contributed by atoms with Crippen LogP contribution in [-0.2, 0) is 4.74 Å². The smallest absolute Gasteiger partial charge is 0.129 e. The third kappa shape index (κ3) is 4.75. The molecule has 1 N–H and O–H groups in total. The van der Waals surface area contributed by atoms with Gasteiger partial charge in [0.15, 0.2) is 0 Å². The molecule has 1 aromatic rings. The van der Waals surface area contributed by atoms with Gasteiger partial charge in [0, 0.05) is 32.2 Å². The Kier molecular flexibility index (Phi) is 6.58. The Labute approximate surface area is 125 Å². The maximum atomic E-state index is 14.1. The van der Waals surface area contributed by atoms with Gasteiger partial charge in [-0.05, 0) is 30.4 Å². The highest BCUT2D eigenvalue weighted by atomic mass is 19.1. The van der Waals surface area contributed by atoms with Gasteiger partial charge in [0.05, 0.1) is 6.61 Å². The van der Waals surface area contributed by atoms with Gasteiger partial charge in [0.1, 0.15) is 11.6 Å². The number of hydrogen-bond acceptors (Lipinski definition) is 2. The minimum absolute atomic E-state index is 0.114. The summed E-state index contributed by atoms with van der Waals surface area (Å²) in [5.74, 6) is -0.332. The van der Waals surface area contributed by atoms with E-state index in [1.807, 2.05) is 0 Å². The van der Waals surface area contributed by atoms with Crippen LogP contribution in [0.1, 0.15) is 43.6 Å². The Morgan fingerprint density at radius 1 is 1.24 bits per heavy atom. The van der Waals surface area contributed by atoms with E-state index in [1.54, 1.807) is 13.2 Å². The topological polar surface area (TPSA) is 21.3 Å². The van der Waals surface area contributed by atoms with E-state index in [1.165, 1.54) is 25.3 Å². The lowest BCUT2D eigenvalue weighted by atomic mass is 9.76. The summed E-state index contributed by atoms with van der Waals surface area (Å²) in [6.45, 7) is 2.11. The number of hydrogen-bond donors (Lipinski definition) is 1. The van der Waals surface area contributed by atoms with Crippen LogP contribution in [0, 0.1) is 17.6 Å². The summed E-state index contributed by atoms with van der Waals surface area (Å²) in [6, 6.07) is 3.98. The second-order valence-electron chi connectivity index (χ2n) is 5.87. The molecule has 0 aliphatic heterocycles. The first-order chi connectivity index (χ1) is 10.2. The van der Waals surface area contributed by atoms with Crippen molar-refractivity contribution >= 4 is 0 Å². The van der Waals surface area contributed by atoms with Crippen molar-refractivity contribution in [3.63, 3.8) is 0 Å². The summed E-state index contributed by atoms with van der Waals surface area (Å²) in [5, 5.41) is 3.34. The van der Waals surface area contributed by atoms with Gasteiger partial charge in [-0.15, -0.1) is 0 Å². The van der Waals surface area contributed by atoms with Crippen molar-refractivity contribution in [2.24, 2.45) is 5.92 Å². The molecular weight excluding hydrogens is 272 g/mol. The molecule has 0 radical (unpaired) electrons. The molecule has 0 heterocycles. The lowest BCUT2D eigenvalue weighted by Gasteiger charge is -2.31.